The third-order valence-corrected chi connectivity index (χ3v) is 4.73. The highest BCUT2D eigenvalue weighted by Crippen LogP contribution is 2.28. The van der Waals surface area contributed by atoms with E-state index < -0.39 is 0 Å². The zero-order valence-corrected chi connectivity index (χ0v) is 15.4. The maximum Gasteiger partial charge on any atom is 0.298 e. The number of aryl methyl sites for hydroxylation is 2. The van der Waals surface area contributed by atoms with E-state index in [9.17, 15) is 4.79 Å². The maximum atomic E-state index is 12.0. The van der Waals surface area contributed by atoms with Crippen LogP contribution in [0.2, 0.25) is 0 Å². The van der Waals surface area contributed by atoms with Crippen LogP contribution in [0.5, 0.6) is 0 Å². The fourth-order valence-corrected chi connectivity index (χ4v) is 3.51. The van der Waals surface area contributed by atoms with Crippen molar-refractivity contribution in [1.82, 2.24) is 25.1 Å². The number of likely N-dealkylation sites (tertiary alicyclic amines) is 1. The van der Waals surface area contributed by atoms with Crippen molar-refractivity contribution in [1.29, 1.82) is 0 Å². The van der Waals surface area contributed by atoms with Gasteiger partial charge in [0.05, 0.1) is 5.69 Å². The number of nitrogens with zero attached hydrogens (tertiary/aromatic N) is 5. The van der Waals surface area contributed by atoms with Crippen LogP contribution in [0.25, 0.3) is 0 Å². The Bertz CT molecular complexity index is 837. The molecule has 0 radical (unpaired) electrons. The molecule has 0 spiro atoms. The Morgan fingerprint density at radius 1 is 1.36 bits per heavy atom. The second kappa shape index (κ2) is 7.57. The summed E-state index contributed by atoms with van der Waals surface area (Å²) in [6.45, 7) is 6.85. The van der Waals surface area contributed by atoms with Crippen LogP contribution < -0.4 is 5.32 Å². The third-order valence-electron chi connectivity index (χ3n) is 3.98. The first-order valence-electron chi connectivity index (χ1n) is 8.19. The largest absolute Gasteiger partial charge is 0.331 e. The molecule has 3 rings (SSSR count). The lowest BCUT2D eigenvalue weighted by Gasteiger charge is -2.31. The van der Waals surface area contributed by atoms with Crippen molar-refractivity contribution in [3.63, 3.8) is 0 Å². The van der Waals surface area contributed by atoms with E-state index in [0.29, 0.717) is 23.3 Å². The highest BCUT2D eigenvalue weighted by Gasteiger charge is 2.25. The van der Waals surface area contributed by atoms with E-state index >= 15 is 0 Å². The van der Waals surface area contributed by atoms with Crippen molar-refractivity contribution >= 4 is 28.2 Å². The fourth-order valence-electron chi connectivity index (χ4n) is 2.91. The first kappa shape index (κ1) is 17.3. The first-order valence-corrected chi connectivity index (χ1v) is 9.01. The van der Waals surface area contributed by atoms with Crippen molar-refractivity contribution in [2.75, 3.05) is 18.4 Å². The van der Waals surface area contributed by atoms with Crippen molar-refractivity contribution in [3.05, 3.63) is 22.6 Å². The summed E-state index contributed by atoms with van der Waals surface area (Å²) in [5.41, 5.74) is 0.943. The number of anilines is 2. The zero-order valence-electron chi connectivity index (χ0n) is 14.5. The van der Waals surface area contributed by atoms with Crippen LogP contribution in [0.4, 0.5) is 10.9 Å². The Morgan fingerprint density at radius 3 is 2.92 bits per heavy atom. The Kier molecular flexibility index (Phi) is 5.24. The van der Waals surface area contributed by atoms with E-state index in [0.717, 1.165) is 30.1 Å². The van der Waals surface area contributed by atoms with Gasteiger partial charge in [-0.3, -0.25) is 4.79 Å². The summed E-state index contributed by atoms with van der Waals surface area (Å²) in [6.07, 6.45) is 1.94. The van der Waals surface area contributed by atoms with E-state index in [-0.39, 0.29) is 11.8 Å². The molecule has 1 amide bonds. The number of piperidine rings is 1. The lowest BCUT2D eigenvalue weighted by atomic mass is 9.94. The van der Waals surface area contributed by atoms with Gasteiger partial charge in [-0.05, 0) is 39.5 Å². The Hall–Kier alpha value is -2.53. The van der Waals surface area contributed by atoms with Gasteiger partial charge < -0.3 is 10.2 Å². The van der Waals surface area contributed by atoms with Crippen molar-refractivity contribution < 1.29 is 4.79 Å². The van der Waals surface area contributed by atoms with Gasteiger partial charge in [-0.25, -0.2) is 9.97 Å². The number of nitrogens with one attached hydrogen (secondary N) is 1. The maximum absolute atomic E-state index is 12.0. The molecule has 1 fully saturated rings. The molecule has 7 nitrogen and oxygen atoms in total. The Balaban J connectivity index is 1.79. The minimum Gasteiger partial charge on any atom is -0.331 e. The van der Waals surface area contributed by atoms with Gasteiger partial charge in [-0.2, -0.15) is 0 Å². The van der Waals surface area contributed by atoms with Crippen LogP contribution in [0.15, 0.2) is 6.07 Å². The van der Waals surface area contributed by atoms with Crippen LogP contribution in [-0.4, -0.2) is 44.1 Å². The van der Waals surface area contributed by atoms with Gasteiger partial charge in [0.15, 0.2) is 0 Å². The molecule has 1 N–H and O–H groups in total. The SMILES string of the molecule is CC#CC(=O)N1CCCC(c2cc(Nc3nnc(C)s3)nc(C)n2)C1. The van der Waals surface area contributed by atoms with Gasteiger partial charge in [0.25, 0.3) is 5.91 Å². The van der Waals surface area contributed by atoms with Crippen LogP contribution in [0.1, 0.15) is 42.2 Å². The summed E-state index contributed by atoms with van der Waals surface area (Å²) < 4.78 is 0. The van der Waals surface area contributed by atoms with Crippen molar-refractivity contribution in [2.24, 2.45) is 0 Å². The van der Waals surface area contributed by atoms with Gasteiger partial charge in [-0.1, -0.05) is 17.3 Å². The molecule has 2 aromatic rings. The smallest absolute Gasteiger partial charge is 0.298 e. The van der Waals surface area contributed by atoms with Crippen molar-refractivity contribution in [2.45, 2.75) is 39.5 Å². The molecule has 25 heavy (non-hydrogen) atoms. The monoisotopic (exact) mass is 356 g/mol. The minimum atomic E-state index is -0.110. The third kappa shape index (κ3) is 4.31. The molecule has 2 aromatic heterocycles. The molecular formula is C17H20N6OS. The number of carbonyl (C=O) groups excluding carboxylic acids is 1. The highest BCUT2D eigenvalue weighted by molar-refractivity contribution is 7.15. The number of rotatable bonds is 3. The van der Waals surface area contributed by atoms with Gasteiger partial charge in [-0.15, -0.1) is 10.2 Å². The number of amides is 1. The topological polar surface area (TPSA) is 83.9 Å². The zero-order chi connectivity index (χ0) is 17.8. The van der Waals surface area contributed by atoms with Crippen LogP contribution >= 0.6 is 11.3 Å². The lowest BCUT2D eigenvalue weighted by molar-refractivity contribution is -0.126. The summed E-state index contributed by atoms with van der Waals surface area (Å²) in [5.74, 6) is 6.78. The molecule has 0 aromatic carbocycles. The summed E-state index contributed by atoms with van der Waals surface area (Å²) in [7, 11) is 0. The van der Waals surface area contributed by atoms with Crippen molar-refractivity contribution in [3.8, 4) is 11.8 Å². The standard InChI is InChI=1S/C17H20N6OS/c1-4-6-16(24)23-8-5-7-13(10-23)14-9-15(19-11(2)18-14)20-17-22-21-12(3)25-17/h9,13H,5,7-8,10H2,1-3H3,(H,18,19,20,22). The average Bonchev–Trinajstić information content (AvgIpc) is 2.99. The molecule has 0 aliphatic carbocycles. The van der Waals surface area contributed by atoms with Gasteiger partial charge in [0.2, 0.25) is 5.13 Å². The number of hydrogen-bond donors (Lipinski definition) is 1. The Morgan fingerprint density at radius 2 is 2.20 bits per heavy atom. The summed E-state index contributed by atoms with van der Waals surface area (Å²) in [5, 5.41) is 12.9. The van der Waals surface area contributed by atoms with Crippen LogP contribution in [0.3, 0.4) is 0 Å². The van der Waals surface area contributed by atoms with Gasteiger partial charge >= 0.3 is 0 Å². The highest BCUT2D eigenvalue weighted by atomic mass is 32.1. The fraction of sp³-hybridized carbons (Fsp3) is 0.471. The summed E-state index contributed by atoms with van der Waals surface area (Å²) in [4.78, 5) is 22.9. The molecule has 0 saturated carbocycles. The summed E-state index contributed by atoms with van der Waals surface area (Å²) in [6, 6.07) is 1.94. The number of hydrogen-bond acceptors (Lipinski definition) is 7. The molecule has 1 aliphatic rings. The molecule has 1 unspecified atom stereocenters. The predicted molar refractivity (Wildman–Crippen MR) is 96.7 cm³/mol. The Labute approximate surface area is 150 Å². The van der Waals surface area contributed by atoms with E-state index in [1.807, 2.05) is 24.8 Å². The minimum absolute atomic E-state index is 0.110. The first-order chi connectivity index (χ1) is 12.0. The van der Waals surface area contributed by atoms with E-state index in [4.69, 9.17) is 0 Å². The van der Waals surface area contributed by atoms with Gasteiger partial charge in [0.1, 0.15) is 16.6 Å². The quantitative estimate of drug-likeness (QED) is 0.850. The lowest BCUT2D eigenvalue weighted by Crippen LogP contribution is -2.38. The predicted octanol–water partition coefficient (Wildman–Crippen LogP) is 2.42. The second-order valence-electron chi connectivity index (χ2n) is 5.94. The normalized spacial score (nSPS) is 16.9. The number of carbonyl (C=O) groups is 1. The molecule has 0 bridgehead atoms. The molecule has 1 saturated heterocycles. The average molecular weight is 356 g/mol. The molecule has 8 heteroatoms. The molecule has 1 atom stereocenters. The van der Waals surface area contributed by atoms with Crippen LogP contribution in [0, 0.1) is 25.7 Å². The summed E-state index contributed by atoms with van der Waals surface area (Å²) >= 11 is 1.48. The van der Waals surface area contributed by atoms with Gasteiger partial charge in [0, 0.05) is 25.1 Å². The van der Waals surface area contributed by atoms with E-state index in [2.05, 4.69) is 37.3 Å². The van der Waals surface area contributed by atoms with E-state index in [1.54, 1.807) is 6.92 Å². The molecule has 130 valence electrons. The van der Waals surface area contributed by atoms with E-state index in [1.165, 1.54) is 11.3 Å². The molecular weight excluding hydrogens is 336 g/mol. The molecule has 1 aliphatic heterocycles. The molecule has 3 heterocycles. The second-order valence-corrected chi connectivity index (χ2v) is 7.12. The van der Waals surface area contributed by atoms with Crippen LogP contribution in [-0.2, 0) is 4.79 Å². The number of aromatic nitrogens is 4.